The third-order valence-corrected chi connectivity index (χ3v) is 4.05. The summed E-state index contributed by atoms with van der Waals surface area (Å²) in [7, 11) is 0. The fourth-order valence-corrected chi connectivity index (χ4v) is 2.42. The second kappa shape index (κ2) is 10.2. The number of rotatable bonds is 10. The van der Waals surface area contributed by atoms with Gasteiger partial charge in [-0.2, -0.15) is 0 Å². The molecule has 0 aromatic carbocycles. The second-order valence-corrected chi connectivity index (χ2v) is 6.82. The number of allylic oxidation sites excluding steroid dienone is 2. The maximum absolute atomic E-state index is 11.9. The van der Waals surface area contributed by atoms with Crippen molar-refractivity contribution in [1.82, 2.24) is 4.90 Å². The van der Waals surface area contributed by atoms with Crippen molar-refractivity contribution < 1.29 is 14.7 Å². The van der Waals surface area contributed by atoms with Gasteiger partial charge >= 0.3 is 5.97 Å². The average molecular weight is 323 g/mol. The lowest BCUT2D eigenvalue weighted by Crippen LogP contribution is -2.39. The summed E-state index contributed by atoms with van der Waals surface area (Å²) in [6, 6.07) is 0.132. The average Bonchev–Trinajstić information content (AvgIpc) is 2.46. The Labute approximate surface area is 141 Å². The Bertz CT molecular complexity index is 450. The van der Waals surface area contributed by atoms with Gasteiger partial charge in [0.05, 0.1) is 5.41 Å². The maximum atomic E-state index is 11.9. The van der Waals surface area contributed by atoms with Crippen molar-refractivity contribution in [2.75, 3.05) is 6.54 Å². The number of hydrogen-bond donors (Lipinski definition) is 1. The van der Waals surface area contributed by atoms with Crippen LogP contribution in [0.4, 0.5) is 0 Å². The van der Waals surface area contributed by atoms with Crippen LogP contribution in [0.1, 0.15) is 67.2 Å². The third-order valence-electron chi connectivity index (χ3n) is 4.05. The minimum Gasteiger partial charge on any atom is -0.481 e. The molecule has 0 rings (SSSR count). The van der Waals surface area contributed by atoms with Crippen LogP contribution >= 0.6 is 0 Å². The zero-order chi connectivity index (χ0) is 18.0. The van der Waals surface area contributed by atoms with Crippen LogP contribution in [-0.2, 0) is 9.59 Å². The van der Waals surface area contributed by atoms with Gasteiger partial charge in [-0.05, 0) is 53.4 Å². The highest BCUT2D eigenvalue weighted by Crippen LogP contribution is 2.24. The lowest BCUT2D eigenvalue weighted by Gasteiger charge is -2.31. The van der Waals surface area contributed by atoms with Crippen molar-refractivity contribution in [3.8, 4) is 0 Å². The molecule has 0 heterocycles. The monoisotopic (exact) mass is 323 g/mol. The van der Waals surface area contributed by atoms with E-state index in [0.29, 0.717) is 6.42 Å². The molecule has 0 radical (unpaired) electrons. The van der Waals surface area contributed by atoms with Gasteiger partial charge in [-0.25, -0.2) is 0 Å². The van der Waals surface area contributed by atoms with Gasteiger partial charge in [0, 0.05) is 19.5 Å². The summed E-state index contributed by atoms with van der Waals surface area (Å²) in [5.41, 5.74) is 0.375. The molecule has 0 aliphatic heterocycles. The zero-order valence-electron chi connectivity index (χ0n) is 15.6. The van der Waals surface area contributed by atoms with E-state index in [1.165, 1.54) is 0 Å². The number of carboxylic acids is 1. The Hall–Kier alpha value is -1.58. The summed E-state index contributed by atoms with van der Waals surface area (Å²) in [6.07, 6.45) is 9.12. The summed E-state index contributed by atoms with van der Waals surface area (Å²) >= 11 is 0. The van der Waals surface area contributed by atoms with Crippen LogP contribution in [0.3, 0.4) is 0 Å². The topological polar surface area (TPSA) is 57.6 Å². The van der Waals surface area contributed by atoms with Crippen LogP contribution in [0.5, 0.6) is 0 Å². The van der Waals surface area contributed by atoms with E-state index in [-0.39, 0.29) is 11.9 Å². The highest BCUT2D eigenvalue weighted by molar-refractivity contribution is 5.74. The molecular weight excluding hydrogens is 290 g/mol. The molecule has 1 amide bonds. The molecule has 4 heteroatoms. The Morgan fingerprint density at radius 2 is 1.87 bits per heavy atom. The zero-order valence-corrected chi connectivity index (χ0v) is 15.6. The van der Waals surface area contributed by atoms with Crippen LogP contribution in [0.2, 0.25) is 0 Å². The van der Waals surface area contributed by atoms with Gasteiger partial charge in [-0.1, -0.05) is 30.7 Å². The molecule has 0 spiro atoms. The molecule has 0 unspecified atom stereocenters. The van der Waals surface area contributed by atoms with E-state index in [4.69, 9.17) is 0 Å². The lowest BCUT2D eigenvalue weighted by molar-refractivity contribution is -0.146. The molecule has 0 saturated heterocycles. The van der Waals surface area contributed by atoms with E-state index < -0.39 is 11.4 Å². The molecule has 1 atom stereocenters. The van der Waals surface area contributed by atoms with Crippen molar-refractivity contribution in [2.45, 2.75) is 73.3 Å². The minimum absolute atomic E-state index is 0.0972. The summed E-state index contributed by atoms with van der Waals surface area (Å²) in [6.45, 7) is 11.9. The fourth-order valence-electron chi connectivity index (χ4n) is 2.42. The Balaban J connectivity index is 5.06. The number of carboxylic acid groups (broad SMARTS) is 1. The van der Waals surface area contributed by atoms with Gasteiger partial charge < -0.3 is 10.0 Å². The van der Waals surface area contributed by atoms with Gasteiger partial charge in [0.2, 0.25) is 5.91 Å². The number of carbonyl (C=O) groups is 2. The summed E-state index contributed by atoms with van der Waals surface area (Å²) in [5, 5.41) is 9.19. The second-order valence-electron chi connectivity index (χ2n) is 6.82. The van der Waals surface area contributed by atoms with Crippen LogP contribution < -0.4 is 0 Å². The number of nitrogens with zero attached hydrogens (tertiary/aromatic N) is 1. The van der Waals surface area contributed by atoms with Gasteiger partial charge in [0.1, 0.15) is 0 Å². The molecule has 0 aliphatic carbocycles. The Kier molecular flexibility index (Phi) is 9.54. The van der Waals surface area contributed by atoms with Crippen LogP contribution in [0.15, 0.2) is 23.8 Å². The molecular formula is C19H33NO3. The van der Waals surface area contributed by atoms with Crippen molar-refractivity contribution in [3.05, 3.63) is 23.8 Å². The smallest absolute Gasteiger partial charge is 0.309 e. The predicted molar refractivity (Wildman–Crippen MR) is 95.3 cm³/mol. The number of amides is 1. The molecule has 0 aliphatic rings. The quantitative estimate of drug-likeness (QED) is 0.606. The van der Waals surface area contributed by atoms with Gasteiger partial charge in [-0.15, -0.1) is 0 Å². The number of carbonyl (C=O) groups excluding carboxylic acids is 1. The first-order valence-corrected chi connectivity index (χ1v) is 8.43. The van der Waals surface area contributed by atoms with E-state index in [9.17, 15) is 14.7 Å². The molecule has 1 N–H and O–H groups in total. The molecule has 23 heavy (non-hydrogen) atoms. The van der Waals surface area contributed by atoms with Gasteiger partial charge in [0.25, 0.3) is 0 Å². The normalized spacial score (nSPS) is 14.1. The molecule has 0 saturated carbocycles. The van der Waals surface area contributed by atoms with Gasteiger partial charge in [-0.3, -0.25) is 9.59 Å². The molecule has 0 bridgehead atoms. The first-order chi connectivity index (χ1) is 10.7. The largest absolute Gasteiger partial charge is 0.481 e. The summed E-state index contributed by atoms with van der Waals surface area (Å²) in [4.78, 5) is 25.0. The predicted octanol–water partition coefficient (Wildman–Crippen LogP) is 4.42. The van der Waals surface area contributed by atoms with E-state index in [1.807, 2.05) is 30.9 Å². The molecule has 0 aromatic rings. The molecule has 4 nitrogen and oxygen atoms in total. The third kappa shape index (κ3) is 8.00. The van der Waals surface area contributed by atoms with Crippen molar-refractivity contribution in [3.63, 3.8) is 0 Å². The standard InChI is InChI=1S/C19H33NO3/c1-7-9-10-17(20(13-8-2)16(4)21)14-15(3)11-12-19(5,6)18(22)23/h7,9,11,17H,8,10,12-14H2,1-6H3,(H,22,23)/b9-7+,15-11-/t17-/m0/s1. The summed E-state index contributed by atoms with van der Waals surface area (Å²) < 4.78 is 0. The highest BCUT2D eigenvalue weighted by Gasteiger charge is 2.26. The van der Waals surface area contributed by atoms with Crippen molar-refractivity contribution >= 4 is 11.9 Å². The first-order valence-electron chi connectivity index (χ1n) is 8.43. The highest BCUT2D eigenvalue weighted by atomic mass is 16.4. The van der Waals surface area contributed by atoms with Crippen molar-refractivity contribution in [2.24, 2.45) is 5.41 Å². The number of aliphatic carboxylic acids is 1. The Morgan fingerprint density at radius 1 is 1.26 bits per heavy atom. The fraction of sp³-hybridized carbons (Fsp3) is 0.684. The van der Waals surface area contributed by atoms with Crippen LogP contribution in [0.25, 0.3) is 0 Å². The van der Waals surface area contributed by atoms with E-state index >= 15 is 0 Å². The van der Waals surface area contributed by atoms with Crippen molar-refractivity contribution in [1.29, 1.82) is 0 Å². The Morgan fingerprint density at radius 3 is 2.30 bits per heavy atom. The van der Waals surface area contributed by atoms with Crippen LogP contribution in [0, 0.1) is 5.41 Å². The SMILES string of the molecule is C/C=C/C[C@@H](C/C(C)=C\CC(C)(C)C(=O)O)N(CCC)C(C)=O. The van der Waals surface area contributed by atoms with E-state index in [2.05, 4.69) is 13.0 Å². The molecule has 0 aromatic heterocycles. The van der Waals surface area contributed by atoms with Gasteiger partial charge in [0.15, 0.2) is 0 Å². The van der Waals surface area contributed by atoms with Crippen LogP contribution in [-0.4, -0.2) is 34.5 Å². The maximum Gasteiger partial charge on any atom is 0.309 e. The molecule has 132 valence electrons. The minimum atomic E-state index is -0.789. The number of hydrogen-bond acceptors (Lipinski definition) is 2. The summed E-state index contributed by atoms with van der Waals surface area (Å²) in [5.74, 6) is -0.691. The van der Waals surface area contributed by atoms with E-state index in [1.54, 1.807) is 20.8 Å². The van der Waals surface area contributed by atoms with E-state index in [0.717, 1.165) is 31.4 Å². The lowest BCUT2D eigenvalue weighted by atomic mass is 9.88. The first kappa shape index (κ1) is 21.4. The molecule has 0 fully saturated rings.